The fourth-order valence-electron chi connectivity index (χ4n) is 3.86. The molecule has 1 unspecified atom stereocenters. The number of likely N-dealkylation sites (tertiary alicyclic amines) is 1. The molecule has 2 aromatic carbocycles. The van der Waals surface area contributed by atoms with Crippen LogP contribution < -0.4 is 4.74 Å². The van der Waals surface area contributed by atoms with Crippen LogP contribution in [0.5, 0.6) is 5.75 Å². The summed E-state index contributed by atoms with van der Waals surface area (Å²) in [6.07, 6.45) is 0.0104. The summed E-state index contributed by atoms with van der Waals surface area (Å²) in [6, 6.07) is 12.2. The fraction of sp³-hybridized carbons (Fsp3) is 0.360. The number of aliphatic hydroxyl groups excluding tert-OH is 1. The van der Waals surface area contributed by atoms with E-state index in [-0.39, 0.29) is 24.0 Å². The molecule has 0 spiro atoms. The Balaban J connectivity index is 2.12. The maximum absolute atomic E-state index is 13.1. The number of amides is 1. The summed E-state index contributed by atoms with van der Waals surface area (Å²) in [5.41, 5.74) is 3.11. The van der Waals surface area contributed by atoms with E-state index < -0.39 is 17.7 Å². The van der Waals surface area contributed by atoms with Gasteiger partial charge in [0.15, 0.2) is 0 Å². The van der Waals surface area contributed by atoms with Gasteiger partial charge in [0.25, 0.3) is 11.7 Å². The van der Waals surface area contributed by atoms with Crippen molar-refractivity contribution in [2.24, 2.45) is 0 Å². The van der Waals surface area contributed by atoms with Crippen LogP contribution in [-0.2, 0) is 14.3 Å². The number of aliphatic hydroxyl groups is 1. The molecule has 0 radical (unpaired) electrons. The molecule has 1 N–H and O–H groups in total. The molecule has 6 nitrogen and oxygen atoms in total. The predicted octanol–water partition coefficient (Wildman–Crippen LogP) is 4.16. The van der Waals surface area contributed by atoms with E-state index in [1.807, 2.05) is 52.0 Å². The smallest absolute Gasteiger partial charge is 0.295 e. The van der Waals surface area contributed by atoms with Gasteiger partial charge in [0.1, 0.15) is 11.5 Å². The second kappa shape index (κ2) is 9.35. The molecule has 1 amide bonds. The average molecular weight is 424 g/mol. The van der Waals surface area contributed by atoms with Crippen molar-refractivity contribution in [2.45, 2.75) is 39.8 Å². The lowest BCUT2D eigenvalue weighted by atomic mass is 9.93. The van der Waals surface area contributed by atoms with Crippen LogP contribution in [0.2, 0.25) is 0 Å². The SMILES string of the molecule is COc1ccc(/C(O)=C2/C(=O)C(=O)N(CCOC(C)C)C2c2cccc(C)c2)c(C)c1. The highest BCUT2D eigenvalue weighted by molar-refractivity contribution is 6.46. The summed E-state index contributed by atoms with van der Waals surface area (Å²) in [5.74, 6) is -0.858. The van der Waals surface area contributed by atoms with Gasteiger partial charge in [-0.2, -0.15) is 0 Å². The molecule has 0 aliphatic carbocycles. The number of Topliss-reactive ketones (excluding diaryl/α,β-unsaturated/α-hetero) is 1. The van der Waals surface area contributed by atoms with Crippen molar-refractivity contribution in [3.05, 3.63) is 70.3 Å². The van der Waals surface area contributed by atoms with E-state index in [9.17, 15) is 14.7 Å². The Morgan fingerprint density at radius 2 is 1.87 bits per heavy atom. The summed E-state index contributed by atoms with van der Waals surface area (Å²) in [5, 5.41) is 11.2. The number of carbonyl (C=O) groups excluding carboxylic acids is 2. The molecule has 0 aromatic heterocycles. The third-order valence-corrected chi connectivity index (χ3v) is 5.37. The number of methoxy groups -OCH3 is 1. The first-order valence-electron chi connectivity index (χ1n) is 10.4. The van der Waals surface area contributed by atoms with Crippen molar-refractivity contribution >= 4 is 17.4 Å². The second-order valence-electron chi connectivity index (χ2n) is 8.01. The van der Waals surface area contributed by atoms with Gasteiger partial charge >= 0.3 is 0 Å². The lowest BCUT2D eigenvalue weighted by Crippen LogP contribution is -2.33. The first-order valence-corrected chi connectivity index (χ1v) is 10.4. The Hall–Kier alpha value is -3.12. The van der Waals surface area contributed by atoms with Crippen LogP contribution in [0.1, 0.15) is 42.1 Å². The van der Waals surface area contributed by atoms with Crippen molar-refractivity contribution < 1.29 is 24.2 Å². The minimum absolute atomic E-state index is 0.0104. The Morgan fingerprint density at radius 3 is 2.48 bits per heavy atom. The molecular formula is C25H29NO5. The predicted molar refractivity (Wildman–Crippen MR) is 119 cm³/mol. The molecular weight excluding hydrogens is 394 g/mol. The van der Waals surface area contributed by atoms with E-state index in [2.05, 4.69) is 0 Å². The van der Waals surface area contributed by atoms with E-state index in [1.165, 1.54) is 4.90 Å². The minimum Gasteiger partial charge on any atom is -0.507 e. The highest BCUT2D eigenvalue weighted by atomic mass is 16.5. The highest BCUT2D eigenvalue weighted by Crippen LogP contribution is 2.40. The van der Waals surface area contributed by atoms with Gasteiger partial charge in [-0.3, -0.25) is 9.59 Å². The number of ether oxygens (including phenoxy) is 2. The largest absolute Gasteiger partial charge is 0.507 e. The van der Waals surface area contributed by atoms with Crippen molar-refractivity contribution in [2.75, 3.05) is 20.3 Å². The zero-order valence-electron chi connectivity index (χ0n) is 18.6. The van der Waals surface area contributed by atoms with Gasteiger partial charge in [-0.25, -0.2) is 0 Å². The van der Waals surface area contributed by atoms with Gasteiger partial charge in [0.05, 0.1) is 31.4 Å². The topological polar surface area (TPSA) is 76.1 Å². The van der Waals surface area contributed by atoms with E-state index >= 15 is 0 Å². The van der Waals surface area contributed by atoms with Gasteiger partial charge in [0.2, 0.25) is 0 Å². The summed E-state index contributed by atoms with van der Waals surface area (Å²) < 4.78 is 10.9. The minimum atomic E-state index is -0.691. The standard InChI is InChI=1S/C25H29NO5/c1-15(2)31-12-11-26-22(18-8-6-7-16(3)13-18)21(24(28)25(26)29)23(27)20-10-9-19(30-5)14-17(20)4/h6-10,13-15,22,27H,11-12H2,1-5H3/b23-21-. The number of hydrogen-bond acceptors (Lipinski definition) is 5. The summed E-state index contributed by atoms with van der Waals surface area (Å²) in [7, 11) is 1.57. The molecule has 0 bridgehead atoms. The van der Waals surface area contributed by atoms with Crippen molar-refractivity contribution in [1.82, 2.24) is 4.90 Å². The number of rotatable bonds is 7. The van der Waals surface area contributed by atoms with Gasteiger partial charge in [0, 0.05) is 12.1 Å². The van der Waals surface area contributed by atoms with Gasteiger partial charge in [-0.15, -0.1) is 0 Å². The van der Waals surface area contributed by atoms with Crippen LogP contribution in [0.15, 0.2) is 48.0 Å². The maximum atomic E-state index is 13.1. The number of benzene rings is 2. The molecule has 2 aromatic rings. The quantitative estimate of drug-likeness (QED) is 0.411. The summed E-state index contributed by atoms with van der Waals surface area (Å²) in [6.45, 7) is 8.16. The number of carbonyl (C=O) groups is 2. The zero-order valence-corrected chi connectivity index (χ0v) is 18.6. The summed E-state index contributed by atoms with van der Waals surface area (Å²) >= 11 is 0. The fourth-order valence-corrected chi connectivity index (χ4v) is 3.86. The molecule has 164 valence electrons. The second-order valence-corrected chi connectivity index (χ2v) is 8.01. The Bertz CT molecular complexity index is 1020. The number of nitrogens with zero attached hydrogens (tertiary/aromatic N) is 1. The van der Waals surface area contributed by atoms with Gasteiger partial charge in [-0.05, 0) is 57.0 Å². The third kappa shape index (κ3) is 4.64. The van der Waals surface area contributed by atoms with Gasteiger partial charge < -0.3 is 19.5 Å². The molecule has 1 aliphatic heterocycles. The molecule has 6 heteroatoms. The monoisotopic (exact) mass is 423 g/mol. The molecule has 3 rings (SSSR count). The molecule has 1 aliphatic rings. The van der Waals surface area contributed by atoms with Crippen LogP contribution in [0, 0.1) is 13.8 Å². The number of ketones is 1. The normalized spacial score (nSPS) is 18.1. The van der Waals surface area contributed by atoms with E-state index in [1.54, 1.807) is 25.3 Å². The summed E-state index contributed by atoms with van der Waals surface area (Å²) in [4.78, 5) is 27.5. The average Bonchev–Trinajstić information content (AvgIpc) is 2.98. The molecule has 1 atom stereocenters. The van der Waals surface area contributed by atoms with E-state index in [0.717, 1.165) is 16.7 Å². The van der Waals surface area contributed by atoms with Crippen LogP contribution in [0.4, 0.5) is 0 Å². The lowest BCUT2D eigenvalue weighted by molar-refractivity contribution is -0.140. The molecule has 31 heavy (non-hydrogen) atoms. The van der Waals surface area contributed by atoms with Crippen LogP contribution in [0.25, 0.3) is 5.76 Å². The van der Waals surface area contributed by atoms with Gasteiger partial charge in [-0.1, -0.05) is 29.8 Å². The maximum Gasteiger partial charge on any atom is 0.295 e. The van der Waals surface area contributed by atoms with Crippen LogP contribution in [0.3, 0.4) is 0 Å². The molecule has 0 saturated carbocycles. The highest BCUT2D eigenvalue weighted by Gasteiger charge is 2.46. The Morgan fingerprint density at radius 1 is 1.13 bits per heavy atom. The molecule has 1 heterocycles. The van der Waals surface area contributed by atoms with E-state index in [0.29, 0.717) is 17.9 Å². The van der Waals surface area contributed by atoms with Crippen molar-refractivity contribution in [3.63, 3.8) is 0 Å². The van der Waals surface area contributed by atoms with Crippen molar-refractivity contribution in [1.29, 1.82) is 0 Å². The molecule has 1 fully saturated rings. The Labute approximate surface area is 183 Å². The van der Waals surface area contributed by atoms with Crippen LogP contribution >= 0.6 is 0 Å². The van der Waals surface area contributed by atoms with E-state index in [4.69, 9.17) is 9.47 Å². The number of hydrogen-bond donors (Lipinski definition) is 1. The third-order valence-electron chi connectivity index (χ3n) is 5.37. The molecule has 1 saturated heterocycles. The first-order chi connectivity index (χ1) is 14.7. The number of aryl methyl sites for hydroxylation is 2. The Kier molecular flexibility index (Phi) is 6.81. The van der Waals surface area contributed by atoms with Crippen LogP contribution in [-0.4, -0.2) is 48.1 Å². The lowest BCUT2D eigenvalue weighted by Gasteiger charge is -2.26. The zero-order chi connectivity index (χ0) is 22.7. The first kappa shape index (κ1) is 22.6. The van der Waals surface area contributed by atoms with Crippen molar-refractivity contribution in [3.8, 4) is 5.75 Å².